The average molecular weight is 605 g/mol. The number of hydrogen-bond donors (Lipinski definition) is 1. The smallest absolute Gasteiger partial charge is 0.244 e. The van der Waals surface area contributed by atoms with Gasteiger partial charge >= 0.3 is 0 Å². The molecule has 0 aliphatic rings. The molecule has 0 heterocycles. The molecular weight excluding hydrogens is 569 g/mol. The van der Waals surface area contributed by atoms with Crippen LogP contribution in [0.3, 0.4) is 0 Å². The minimum absolute atomic E-state index is 0.0525. The lowest BCUT2D eigenvalue weighted by Gasteiger charge is -2.34. The van der Waals surface area contributed by atoms with E-state index in [9.17, 15) is 18.0 Å². The van der Waals surface area contributed by atoms with Crippen LogP contribution in [-0.4, -0.2) is 50.0 Å². The van der Waals surface area contributed by atoms with Crippen molar-refractivity contribution >= 4 is 50.7 Å². The van der Waals surface area contributed by atoms with Crippen LogP contribution in [0, 0.1) is 6.92 Å². The molecule has 10 heteroatoms. The number of sulfonamides is 1. The van der Waals surface area contributed by atoms with Crippen LogP contribution in [0.1, 0.15) is 37.0 Å². The van der Waals surface area contributed by atoms with Crippen LogP contribution in [0.5, 0.6) is 0 Å². The van der Waals surface area contributed by atoms with Gasteiger partial charge in [-0.15, -0.1) is 0 Å². The van der Waals surface area contributed by atoms with Crippen molar-refractivity contribution in [2.75, 3.05) is 17.1 Å². The first-order valence-electron chi connectivity index (χ1n) is 13.0. The molecule has 0 fully saturated rings. The quantitative estimate of drug-likeness (QED) is 0.291. The molecule has 0 unspecified atom stereocenters. The van der Waals surface area contributed by atoms with Crippen LogP contribution in [0.2, 0.25) is 10.0 Å². The number of anilines is 1. The molecule has 40 heavy (non-hydrogen) atoms. The predicted molar refractivity (Wildman–Crippen MR) is 162 cm³/mol. The largest absolute Gasteiger partial charge is 0.352 e. The van der Waals surface area contributed by atoms with E-state index in [1.54, 1.807) is 43.3 Å². The topological polar surface area (TPSA) is 86.8 Å². The molecule has 3 aromatic rings. The van der Waals surface area contributed by atoms with Gasteiger partial charge in [-0.05, 0) is 61.2 Å². The molecule has 0 aliphatic carbocycles. The van der Waals surface area contributed by atoms with E-state index in [0.29, 0.717) is 33.3 Å². The van der Waals surface area contributed by atoms with Crippen molar-refractivity contribution in [3.8, 4) is 0 Å². The molecular formula is C30H35Cl2N3O4S. The fourth-order valence-electron chi connectivity index (χ4n) is 4.29. The molecule has 0 bridgehead atoms. The van der Waals surface area contributed by atoms with Crippen molar-refractivity contribution in [3.05, 3.63) is 99.5 Å². The van der Waals surface area contributed by atoms with E-state index >= 15 is 0 Å². The summed E-state index contributed by atoms with van der Waals surface area (Å²) in [5.74, 6) is -0.858. The molecule has 2 atom stereocenters. The summed E-state index contributed by atoms with van der Waals surface area (Å²) in [6.45, 7) is 5.10. The molecule has 214 valence electrons. The molecule has 0 aliphatic heterocycles. The van der Waals surface area contributed by atoms with Crippen molar-refractivity contribution in [3.63, 3.8) is 0 Å². The maximum Gasteiger partial charge on any atom is 0.244 e. The Bertz CT molecular complexity index is 1430. The second-order valence-corrected chi connectivity index (χ2v) is 12.6. The summed E-state index contributed by atoms with van der Waals surface area (Å²) in [5.41, 5.74) is 2.40. The summed E-state index contributed by atoms with van der Waals surface area (Å²) in [6.07, 6.45) is 1.99. The van der Waals surface area contributed by atoms with Crippen LogP contribution in [0.25, 0.3) is 0 Å². The van der Waals surface area contributed by atoms with Gasteiger partial charge in [0.05, 0.1) is 11.9 Å². The number of rotatable bonds is 12. The summed E-state index contributed by atoms with van der Waals surface area (Å²) in [6, 6.07) is 20.3. The predicted octanol–water partition coefficient (Wildman–Crippen LogP) is 5.62. The number of benzene rings is 3. The third-order valence-corrected chi connectivity index (χ3v) is 8.47. The van der Waals surface area contributed by atoms with Crippen LogP contribution < -0.4 is 9.62 Å². The van der Waals surface area contributed by atoms with Gasteiger partial charge in [0.1, 0.15) is 12.6 Å². The SMILES string of the molecule is CC[C@H](C)NC(=O)[C@@H](Cc1ccccc1)N(Cc1cccc(Cl)c1)C(=O)CN(c1cccc(Cl)c1C)S(C)(=O)=O. The van der Waals surface area contributed by atoms with E-state index in [0.717, 1.165) is 16.1 Å². The Morgan fingerprint density at radius 1 is 0.950 bits per heavy atom. The van der Waals surface area contributed by atoms with Gasteiger partial charge in [0, 0.05) is 29.1 Å². The molecule has 0 saturated heterocycles. The lowest BCUT2D eigenvalue weighted by atomic mass is 10.0. The molecule has 3 rings (SSSR count). The minimum atomic E-state index is -3.89. The molecule has 3 aromatic carbocycles. The number of carbonyl (C=O) groups is 2. The highest BCUT2D eigenvalue weighted by Crippen LogP contribution is 2.29. The van der Waals surface area contributed by atoms with Crippen molar-refractivity contribution < 1.29 is 18.0 Å². The minimum Gasteiger partial charge on any atom is -0.352 e. The van der Waals surface area contributed by atoms with E-state index < -0.39 is 28.5 Å². The van der Waals surface area contributed by atoms with Crippen LogP contribution >= 0.6 is 23.2 Å². The van der Waals surface area contributed by atoms with E-state index in [2.05, 4.69) is 5.32 Å². The van der Waals surface area contributed by atoms with E-state index in [1.165, 1.54) is 4.90 Å². The van der Waals surface area contributed by atoms with Crippen LogP contribution in [-0.2, 0) is 32.6 Å². The maximum atomic E-state index is 14.1. The lowest BCUT2D eigenvalue weighted by molar-refractivity contribution is -0.140. The van der Waals surface area contributed by atoms with Gasteiger partial charge in [-0.3, -0.25) is 13.9 Å². The summed E-state index contributed by atoms with van der Waals surface area (Å²) in [5, 5.41) is 3.87. The molecule has 0 radical (unpaired) electrons. The fraction of sp³-hybridized carbons (Fsp3) is 0.333. The van der Waals surface area contributed by atoms with Gasteiger partial charge in [0.2, 0.25) is 21.8 Å². The highest BCUT2D eigenvalue weighted by atomic mass is 35.5. The van der Waals surface area contributed by atoms with Crippen molar-refractivity contribution in [1.82, 2.24) is 10.2 Å². The lowest BCUT2D eigenvalue weighted by Crippen LogP contribution is -2.54. The van der Waals surface area contributed by atoms with Gasteiger partial charge in [-0.2, -0.15) is 0 Å². The highest BCUT2D eigenvalue weighted by Gasteiger charge is 2.33. The normalized spacial score (nSPS) is 12.8. The zero-order valence-electron chi connectivity index (χ0n) is 23.1. The first-order valence-corrected chi connectivity index (χ1v) is 15.6. The monoisotopic (exact) mass is 603 g/mol. The zero-order chi connectivity index (χ0) is 29.4. The van der Waals surface area contributed by atoms with Gasteiger partial charge < -0.3 is 10.2 Å². The molecule has 0 spiro atoms. The highest BCUT2D eigenvalue weighted by molar-refractivity contribution is 7.92. The Labute approximate surface area is 247 Å². The van der Waals surface area contributed by atoms with Crippen LogP contribution in [0.4, 0.5) is 5.69 Å². The van der Waals surface area contributed by atoms with Crippen LogP contribution in [0.15, 0.2) is 72.8 Å². The first kappa shape index (κ1) is 31.5. The number of amides is 2. The molecule has 2 amide bonds. The summed E-state index contributed by atoms with van der Waals surface area (Å²) < 4.78 is 26.9. The second-order valence-electron chi connectivity index (χ2n) is 9.83. The Kier molecular flexibility index (Phi) is 11.0. The second kappa shape index (κ2) is 14.0. The van der Waals surface area contributed by atoms with Gasteiger partial charge in [-0.25, -0.2) is 8.42 Å². The Balaban J connectivity index is 2.09. The molecule has 1 N–H and O–H groups in total. The Hall–Kier alpha value is -3.07. The van der Waals surface area contributed by atoms with E-state index in [1.807, 2.05) is 50.2 Å². The number of carbonyl (C=O) groups excluding carboxylic acids is 2. The third-order valence-electron chi connectivity index (χ3n) is 6.70. The van der Waals surface area contributed by atoms with Crippen molar-refractivity contribution in [1.29, 1.82) is 0 Å². The van der Waals surface area contributed by atoms with Gasteiger partial charge in [0.15, 0.2) is 0 Å². The average Bonchev–Trinajstić information content (AvgIpc) is 2.90. The first-order chi connectivity index (χ1) is 18.9. The summed E-state index contributed by atoms with van der Waals surface area (Å²) in [4.78, 5) is 29.3. The number of halogens is 2. The maximum absolute atomic E-state index is 14.1. The zero-order valence-corrected chi connectivity index (χ0v) is 25.4. The molecule has 0 saturated carbocycles. The number of hydrogen-bond acceptors (Lipinski definition) is 4. The Morgan fingerprint density at radius 2 is 1.60 bits per heavy atom. The van der Waals surface area contributed by atoms with Gasteiger partial charge in [-0.1, -0.05) is 78.7 Å². The van der Waals surface area contributed by atoms with E-state index in [-0.39, 0.29) is 24.9 Å². The number of nitrogens with one attached hydrogen (secondary N) is 1. The summed E-state index contributed by atoms with van der Waals surface area (Å²) >= 11 is 12.5. The van der Waals surface area contributed by atoms with Crippen molar-refractivity contribution in [2.45, 2.75) is 52.2 Å². The molecule has 7 nitrogen and oxygen atoms in total. The summed E-state index contributed by atoms with van der Waals surface area (Å²) in [7, 11) is -3.89. The third kappa shape index (κ3) is 8.46. The van der Waals surface area contributed by atoms with E-state index in [4.69, 9.17) is 23.2 Å². The Morgan fingerprint density at radius 3 is 2.23 bits per heavy atom. The standard InChI is InChI=1S/C30H35Cl2N3O4S/c1-5-21(2)33-30(37)28(18-23-11-7-6-8-12-23)34(19-24-13-9-14-25(31)17-24)29(36)20-35(40(4,38)39)27-16-10-15-26(32)22(27)3/h6-17,21,28H,5,18-20H2,1-4H3,(H,33,37)/t21-,28+/m0/s1. The number of nitrogens with zero attached hydrogens (tertiary/aromatic N) is 2. The fourth-order valence-corrected chi connectivity index (χ4v) is 5.57. The van der Waals surface area contributed by atoms with Gasteiger partial charge in [0.25, 0.3) is 0 Å². The molecule has 0 aromatic heterocycles. The van der Waals surface area contributed by atoms with Crippen molar-refractivity contribution in [2.24, 2.45) is 0 Å².